The second-order valence-electron chi connectivity index (χ2n) is 2.27. The monoisotopic (exact) mass is 154 g/mol. The molecule has 0 saturated heterocycles. The third-order valence-corrected chi connectivity index (χ3v) is 0.785. The maximum absolute atomic E-state index is 11.4. The lowest BCUT2D eigenvalue weighted by Gasteiger charge is -1.97. The smallest absolute Gasteiger partial charge is 0.164 e. The molecular weight excluding hydrogens is 143 g/mol. The second-order valence-corrected chi connectivity index (χ2v) is 2.27. The van der Waals surface area contributed by atoms with Crippen LogP contribution < -0.4 is 0 Å². The Morgan fingerprint density at radius 3 is 2.11 bits per heavy atom. The summed E-state index contributed by atoms with van der Waals surface area (Å²) in [5, 5.41) is 0. The minimum Gasteiger partial charge on any atom is -0.297 e. The van der Waals surface area contributed by atoms with Crippen molar-refractivity contribution in [2.24, 2.45) is 5.92 Å². The number of hydrogen-bond donors (Lipinski definition) is 0. The quantitative estimate of drug-likeness (QED) is 0.608. The van der Waals surface area contributed by atoms with Gasteiger partial charge in [0.1, 0.15) is 6.67 Å². The van der Waals surface area contributed by atoms with E-state index in [1.165, 1.54) is 0 Å². The minimum absolute atomic E-state index is 0. The van der Waals surface area contributed by atoms with E-state index in [2.05, 4.69) is 0 Å². The van der Waals surface area contributed by atoms with Gasteiger partial charge in [0.15, 0.2) is 5.78 Å². The zero-order chi connectivity index (χ0) is 6.57. The Balaban J connectivity index is 0. The van der Waals surface area contributed by atoms with Gasteiger partial charge in [0.2, 0.25) is 0 Å². The van der Waals surface area contributed by atoms with E-state index < -0.39 is 6.67 Å². The Morgan fingerprint density at radius 2 is 2.00 bits per heavy atom. The first-order chi connectivity index (χ1) is 3.66. The van der Waals surface area contributed by atoms with Gasteiger partial charge in [-0.1, -0.05) is 13.8 Å². The van der Waals surface area contributed by atoms with Crippen molar-refractivity contribution in [3.05, 3.63) is 0 Å². The molecule has 56 valence electrons. The molecule has 0 aromatic heterocycles. The van der Waals surface area contributed by atoms with E-state index in [0.717, 1.165) is 0 Å². The largest absolute Gasteiger partial charge is 0.297 e. The van der Waals surface area contributed by atoms with Crippen LogP contribution in [0.1, 0.15) is 20.3 Å². The molecule has 0 radical (unpaired) electrons. The summed E-state index contributed by atoms with van der Waals surface area (Å²) >= 11 is 0. The second kappa shape index (κ2) is 6.02. The van der Waals surface area contributed by atoms with Gasteiger partial charge in [-0.2, -0.15) is 0 Å². The Hall–Kier alpha value is -0.110. The van der Waals surface area contributed by atoms with Crippen molar-refractivity contribution in [1.29, 1.82) is 0 Å². The lowest BCUT2D eigenvalue weighted by atomic mass is 10.1. The number of ketones is 1. The van der Waals surface area contributed by atoms with Gasteiger partial charge in [-0.05, 0) is 5.92 Å². The standard InChI is InChI=1S/C6H11FO.ClH/c1-5(2)3-6(8)4-7;/h5H,3-4H2,1-2H3;1H. The van der Waals surface area contributed by atoms with Crippen molar-refractivity contribution in [2.45, 2.75) is 20.3 Å². The fraction of sp³-hybridized carbons (Fsp3) is 0.833. The van der Waals surface area contributed by atoms with Crippen LogP contribution >= 0.6 is 12.4 Å². The maximum Gasteiger partial charge on any atom is 0.164 e. The fourth-order valence-corrected chi connectivity index (χ4v) is 0.510. The van der Waals surface area contributed by atoms with Crippen molar-refractivity contribution in [3.63, 3.8) is 0 Å². The summed E-state index contributed by atoms with van der Waals surface area (Å²) < 4.78 is 11.4. The van der Waals surface area contributed by atoms with Gasteiger partial charge in [0.05, 0.1) is 0 Å². The van der Waals surface area contributed by atoms with Gasteiger partial charge in [0.25, 0.3) is 0 Å². The first-order valence-corrected chi connectivity index (χ1v) is 2.74. The Kier molecular flexibility index (Phi) is 7.79. The number of halogens is 2. The molecule has 0 amide bonds. The van der Waals surface area contributed by atoms with E-state index in [4.69, 9.17) is 0 Å². The SMILES string of the molecule is CC(C)CC(=O)CF.Cl. The summed E-state index contributed by atoms with van der Waals surface area (Å²) in [6.45, 7) is 2.99. The molecular formula is C6H12ClFO. The summed E-state index contributed by atoms with van der Waals surface area (Å²) in [6.07, 6.45) is 0.372. The molecule has 0 N–H and O–H groups in total. The van der Waals surface area contributed by atoms with Gasteiger partial charge in [0, 0.05) is 6.42 Å². The Morgan fingerprint density at radius 1 is 1.56 bits per heavy atom. The normalized spacial score (nSPS) is 8.89. The van der Waals surface area contributed by atoms with E-state index in [1.54, 1.807) is 0 Å². The van der Waals surface area contributed by atoms with Crippen LogP contribution in [-0.2, 0) is 4.79 Å². The molecule has 0 rings (SSSR count). The van der Waals surface area contributed by atoms with Crippen molar-refractivity contribution >= 4 is 18.2 Å². The van der Waals surface area contributed by atoms with Crippen LogP contribution in [0.15, 0.2) is 0 Å². The Labute approximate surface area is 61.0 Å². The highest BCUT2D eigenvalue weighted by Crippen LogP contribution is 1.99. The molecule has 9 heavy (non-hydrogen) atoms. The number of Topliss-reactive ketones (excluding diaryl/α,β-unsaturated/α-hetero) is 1. The molecule has 0 unspecified atom stereocenters. The molecule has 0 atom stereocenters. The van der Waals surface area contributed by atoms with Crippen molar-refractivity contribution in [1.82, 2.24) is 0 Å². The van der Waals surface area contributed by atoms with Crippen LogP contribution in [0, 0.1) is 5.92 Å². The number of rotatable bonds is 3. The highest BCUT2D eigenvalue weighted by atomic mass is 35.5. The molecule has 0 fully saturated rings. The molecule has 0 heterocycles. The summed E-state index contributed by atoms with van der Waals surface area (Å²) in [4.78, 5) is 10.2. The van der Waals surface area contributed by atoms with E-state index in [1.807, 2.05) is 13.8 Å². The molecule has 3 heteroatoms. The van der Waals surface area contributed by atoms with Crippen LogP contribution in [0.5, 0.6) is 0 Å². The minimum atomic E-state index is -0.807. The van der Waals surface area contributed by atoms with E-state index >= 15 is 0 Å². The van der Waals surface area contributed by atoms with Crippen LogP contribution in [0.3, 0.4) is 0 Å². The molecule has 0 aliphatic heterocycles. The molecule has 0 aliphatic rings. The van der Waals surface area contributed by atoms with Gasteiger partial charge in [-0.15, -0.1) is 12.4 Å². The molecule has 0 aliphatic carbocycles. The van der Waals surface area contributed by atoms with Crippen molar-refractivity contribution in [2.75, 3.05) is 6.67 Å². The first-order valence-electron chi connectivity index (χ1n) is 2.74. The average Bonchev–Trinajstić information content (AvgIpc) is 1.65. The third kappa shape index (κ3) is 7.89. The summed E-state index contributed by atoms with van der Waals surface area (Å²) in [5.74, 6) is -0.00162. The number of alkyl halides is 1. The first kappa shape index (κ1) is 11.7. The van der Waals surface area contributed by atoms with Gasteiger partial charge < -0.3 is 0 Å². The molecule has 1 nitrogen and oxygen atoms in total. The zero-order valence-electron chi connectivity index (χ0n) is 5.69. The molecule has 0 bridgehead atoms. The summed E-state index contributed by atoms with van der Waals surface area (Å²) in [5.41, 5.74) is 0. The van der Waals surface area contributed by atoms with Crippen LogP contribution in [0.25, 0.3) is 0 Å². The van der Waals surface area contributed by atoms with Crippen molar-refractivity contribution in [3.8, 4) is 0 Å². The lowest BCUT2D eigenvalue weighted by molar-refractivity contribution is -0.120. The maximum atomic E-state index is 11.4. The fourth-order valence-electron chi connectivity index (χ4n) is 0.510. The lowest BCUT2D eigenvalue weighted by Crippen LogP contribution is -2.03. The summed E-state index contributed by atoms with van der Waals surface area (Å²) in [6, 6.07) is 0. The van der Waals surface area contributed by atoms with Gasteiger partial charge in [-0.3, -0.25) is 4.79 Å². The predicted molar refractivity (Wildman–Crippen MR) is 37.7 cm³/mol. The molecule has 0 aromatic rings. The van der Waals surface area contributed by atoms with Gasteiger partial charge >= 0.3 is 0 Å². The molecule has 0 spiro atoms. The number of hydrogen-bond acceptors (Lipinski definition) is 1. The van der Waals surface area contributed by atoms with Crippen LogP contribution in [0.2, 0.25) is 0 Å². The summed E-state index contributed by atoms with van der Waals surface area (Å²) in [7, 11) is 0. The number of carbonyl (C=O) groups excluding carboxylic acids is 1. The van der Waals surface area contributed by atoms with Crippen LogP contribution in [-0.4, -0.2) is 12.5 Å². The highest BCUT2D eigenvalue weighted by molar-refractivity contribution is 5.85. The van der Waals surface area contributed by atoms with Crippen molar-refractivity contribution < 1.29 is 9.18 Å². The van der Waals surface area contributed by atoms with Crippen LogP contribution in [0.4, 0.5) is 4.39 Å². The molecule has 0 saturated carbocycles. The van der Waals surface area contributed by atoms with E-state index in [0.29, 0.717) is 12.3 Å². The third-order valence-electron chi connectivity index (χ3n) is 0.785. The topological polar surface area (TPSA) is 17.1 Å². The predicted octanol–water partition coefficient (Wildman–Crippen LogP) is 1.99. The van der Waals surface area contributed by atoms with Gasteiger partial charge in [-0.25, -0.2) is 4.39 Å². The van der Waals surface area contributed by atoms with E-state index in [9.17, 15) is 9.18 Å². The number of carbonyl (C=O) groups is 1. The zero-order valence-corrected chi connectivity index (χ0v) is 6.50. The average molecular weight is 155 g/mol. The van der Waals surface area contributed by atoms with E-state index in [-0.39, 0.29) is 18.2 Å². The Bertz CT molecular complexity index is 83.1. The highest BCUT2D eigenvalue weighted by Gasteiger charge is 2.01. The molecule has 0 aromatic carbocycles.